The maximum atomic E-state index is 13.2. The van der Waals surface area contributed by atoms with Crippen molar-refractivity contribution in [2.24, 2.45) is 34.8 Å². The Balaban J connectivity index is 5.94. The molecule has 0 aromatic carbocycles. The third-order valence-electron chi connectivity index (χ3n) is 9.44. The van der Waals surface area contributed by atoms with Crippen LogP contribution in [0.4, 0.5) is 0 Å². The Hall–Kier alpha value is -4.76. The number of unbranched alkanes of at least 4 members (excludes halogenated alkanes) is 2. The van der Waals surface area contributed by atoms with Crippen molar-refractivity contribution in [2.45, 2.75) is 141 Å². The molecule has 8 amide bonds. The predicted octanol–water partition coefficient (Wildman–Crippen LogP) is -3.28. The number of aliphatic carboxylic acids is 2. The molecule has 0 heterocycles. The van der Waals surface area contributed by atoms with Crippen LogP contribution in [-0.2, 0) is 47.9 Å². The second-order valence-electron chi connectivity index (χ2n) is 16.5. The monoisotopic (exact) mass is 978 g/mol. The minimum Gasteiger partial charge on any atom is -0.480 e. The van der Waals surface area contributed by atoms with Crippen LogP contribution in [0.25, 0.3) is 0 Å². The van der Waals surface area contributed by atoms with Crippen molar-refractivity contribution in [3.8, 4) is 0 Å². The fourth-order valence-electron chi connectivity index (χ4n) is 5.73. The molecule has 0 spiro atoms. The molecule has 66 heavy (non-hydrogen) atoms. The molecule has 0 unspecified atom stereocenters. The number of nitrogens with one attached hydrogen (secondary N) is 8. The molecule has 0 radical (unpaired) electrons. The van der Waals surface area contributed by atoms with Gasteiger partial charge in [-0.3, -0.25) is 47.9 Å². The third-order valence-corrected chi connectivity index (χ3v) is 11.9. The predicted molar refractivity (Wildman–Crippen MR) is 250 cm³/mol. The molecule has 0 aromatic heterocycles. The van der Waals surface area contributed by atoms with Gasteiger partial charge in [-0.25, -0.2) is 0 Å². The second-order valence-corrected chi connectivity index (χ2v) is 19.1. The Kier molecular flexibility index (Phi) is 31.2. The normalized spacial score (nSPS) is 14.8. The Morgan fingerprint density at radius 1 is 0.455 bits per heavy atom. The van der Waals surface area contributed by atoms with Gasteiger partial charge in [-0.1, -0.05) is 49.3 Å². The molecule has 0 aliphatic rings. The summed E-state index contributed by atoms with van der Waals surface area (Å²) < 4.78 is 0. The summed E-state index contributed by atoms with van der Waals surface area (Å²) in [5.74, 6) is -9.01. The van der Waals surface area contributed by atoms with Crippen molar-refractivity contribution in [3.63, 3.8) is 0 Å². The maximum Gasteiger partial charge on any atom is 0.325 e. The van der Waals surface area contributed by atoms with Gasteiger partial charge in [-0.05, 0) is 90.1 Å². The topological polar surface area (TPSA) is 411 Å². The van der Waals surface area contributed by atoms with Crippen LogP contribution in [0.1, 0.15) is 92.9 Å². The largest absolute Gasteiger partial charge is 0.480 e. The van der Waals surface area contributed by atoms with Gasteiger partial charge < -0.3 is 75.7 Å². The molecule has 0 saturated heterocycles. The highest BCUT2D eigenvalue weighted by Crippen LogP contribution is 2.23. The van der Waals surface area contributed by atoms with Crippen LogP contribution in [0.15, 0.2) is 0 Å². The van der Waals surface area contributed by atoms with E-state index in [1.807, 2.05) is 27.7 Å². The van der Waals surface area contributed by atoms with E-state index in [2.05, 4.69) is 42.5 Å². The average molecular weight is 979 g/mol. The number of amides is 8. The van der Waals surface area contributed by atoms with Gasteiger partial charge in [-0.2, -0.15) is 0 Å². The van der Waals surface area contributed by atoms with E-state index in [9.17, 15) is 58.2 Å². The van der Waals surface area contributed by atoms with Crippen molar-refractivity contribution >= 4 is 80.8 Å². The molecular weight excluding hydrogens is 905 g/mol. The van der Waals surface area contributed by atoms with E-state index in [1.54, 1.807) is 0 Å². The van der Waals surface area contributed by atoms with Crippen molar-refractivity contribution < 1.29 is 58.2 Å². The smallest absolute Gasteiger partial charge is 0.325 e. The Morgan fingerprint density at radius 3 is 1.08 bits per heavy atom. The summed E-state index contributed by atoms with van der Waals surface area (Å²) in [6, 6.07) is -9.38. The first-order chi connectivity index (χ1) is 30.9. The molecule has 0 bridgehead atoms. The highest BCUT2D eigenvalue weighted by Gasteiger charge is 2.30. The van der Waals surface area contributed by atoms with Crippen molar-refractivity contribution in [3.05, 3.63) is 0 Å². The summed E-state index contributed by atoms with van der Waals surface area (Å²) in [5.41, 5.74) is 23.2. The van der Waals surface area contributed by atoms with Crippen molar-refractivity contribution in [2.75, 3.05) is 37.7 Å². The number of carboxylic acid groups (broad SMARTS) is 2. The lowest BCUT2D eigenvalue weighted by molar-refractivity contribution is -0.142. The van der Waals surface area contributed by atoms with E-state index >= 15 is 0 Å². The van der Waals surface area contributed by atoms with Crippen molar-refractivity contribution in [1.82, 2.24) is 42.5 Å². The summed E-state index contributed by atoms with van der Waals surface area (Å²) in [7, 11) is 1.84. The van der Waals surface area contributed by atoms with E-state index in [1.165, 1.54) is 13.8 Å². The Labute approximate surface area is 394 Å². The molecule has 0 aliphatic carbocycles. The average Bonchev–Trinajstić information content (AvgIpc) is 3.23. The first-order valence-corrected chi connectivity index (χ1v) is 24.4. The van der Waals surface area contributed by atoms with Gasteiger partial charge >= 0.3 is 11.9 Å². The fourth-order valence-corrected chi connectivity index (χ4v) is 8.06. The highest BCUT2D eigenvalue weighted by atomic mass is 33.1. The SMILES string of the molecule is CC(C)C[C@H](N)C(=O)N[C@@H](CCCCN)C(=O)NCC(=O)N[C@@H](CSSC[C@H](NC(=O)CNC(=O)[C@H](CCCCN)NC(=O)[C@@H](N)CC(C)C)C(=O)N[C@@H](C)C(=O)O)C(=O)N[C@@H](C)C(=O)O. The van der Waals surface area contributed by atoms with Crippen LogP contribution in [0.2, 0.25) is 0 Å². The maximum absolute atomic E-state index is 13.2. The van der Waals surface area contributed by atoms with Gasteiger partial charge in [0.2, 0.25) is 47.3 Å². The number of carbonyl (C=O) groups is 10. The first kappa shape index (κ1) is 61.2. The fraction of sp³-hybridized carbons (Fsp3) is 0.750. The molecule has 24 nitrogen and oxygen atoms in total. The highest BCUT2D eigenvalue weighted by molar-refractivity contribution is 8.76. The van der Waals surface area contributed by atoms with Gasteiger partial charge in [-0.15, -0.1) is 0 Å². The molecule has 0 saturated carbocycles. The lowest BCUT2D eigenvalue weighted by Crippen LogP contribution is -2.55. The lowest BCUT2D eigenvalue weighted by Gasteiger charge is -2.23. The minimum atomic E-state index is -1.40. The molecule has 26 heteroatoms. The number of carbonyl (C=O) groups excluding carboxylic acids is 8. The molecular formula is C40H74N12O12S2. The van der Waals surface area contributed by atoms with Gasteiger partial charge in [0.25, 0.3) is 0 Å². The third kappa shape index (κ3) is 27.0. The number of rotatable bonds is 35. The molecule has 18 N–H and O–H groups in total. The number of carboxylic acids is 2. The minimum absolute atomic E-state index is 0.110. The number of hydrogen-bond acceptors (Lipinski definition) is 16. The summed E-state index contributed by atoms with van der Waals surface area (Å²) in [5, 5.41) is 38.2. The van der Waals surface area contributed by atoms with Crippen LogP contribution >= 0.6 is 21.6 Å². The summed E-state index contributed by atoms with van der Waals surface area (Å²) in [6.07, 6.45) is 3.21. The van der Waals surface area contributed by atoms with Crippen LogP contribution in [0, 0.1) is 11.8 Å². The summed E-state index contributed by atoms with van der Waals surface area (Å²) in [4.78, 5) is 127. The van der Waals surface area contributed by atoms with E-state index < -0.39 is 121 Å². The van der Waals surface area contributed by atoms with Crippen LogP contribution in [0.5, 0.6) is 0 Å². The zero-order valence-corrected chi connectivity index (χ0v) is 40.4. The van der Waals surface area contributed by atoms with Crippen LogP contribution in [-0.4, -0.2) is 155 Å². The zero-order valence-electron chi connectivity index (χ0n) is 38.8. The van der Waals surface area contributed by atoms with E-state index in [0.717, 1.165) is 21.6 Å². The zero-order chi connectivity index (χ0) is 50.5. The first-order valence-electron chi connectivity index (χ1n) is 21.9. The quantitative estimate of drug-likeness (QED) is 0.0219. The standard InChI is InChI=1S/C40H74N12O12S2/c1-21(2)15-25(43)33(55)51-27(11-7-9-13-41)35(57)45-17-31(53)49-29(37(59)47-23(5)39(61)62)19-65-66-20-30(38(60)48-24(6)40(63)64)50-32(54)18-46-36(58)28(12-8-10-14-42)52-34(56)26(44)16-22(3)4/h21-30H,7-20,41-44H2,1-6H3,(H,45,57)(H,46,58)(H,47,59)(H,48,60)(H,49,53)(H,50,54)(H,51,55)(H,52,56)(H,61,62)(H,63,64)/t23-,24-,25-,26-,27-,28-,29-,30-/m0/s1. The van der Waals surface area contributed by atoms with E-state index in [-0.39, 0.29) is 36.2 Å². The lowest BCUT2D eigenvalue weighted by atomic mass is 10.0. The van der Waals surface area contributed by atoms with Gasteiger partial charge in [0.15, 0.2) is 0 Å². The summed E-state index contributed by atoms with van der Waals surface area (Å²) in [6.45, 7) is 9.34. The Morgan fingerprint density at radius 2 is 0.788 bits per heavy atom. The molecule has 0 aliphatic heterocycles. The van der Waals surface area contributed by atoms with Crippen LogP contribution in [0.3, 0.4) is 0 Å². The molecule has 0 rings (SSSR count). The van der Waals surface area contributed by atoms with Crippen molar-refractivity contribution in [1.29, 1.82) is 0 Å². The second kappa shape index (κ2) is 33.7. The molecule has 0 fully saturated rings. The molecule has 378 valence electrons. The number of nitrogens with two attached hydrogens (primary N) is 4. The van der Waals surface area contributed by atoms with Gasteiger partial charge in [0, 0.05) is 11.5 Å². The van der Waals surface area contributed by atoms with E-state index in [4.69, 9.17) is 22.9 Å². The van der Waals surface area contributed by atoms with Gasteiger partial charge in [0.05, 0.1) is 25.2 Å². The van der Waals surface area contributed by atoms with Crippen LogP contribution < -0.4 is 65.5 Å². The van der Waals surface area contributed by atoms with E-state index in [0.29, 0.717) is 51.6 Å². The number of hydrogen-bond donors (Lipinski definition) is 14. The summed E-state index contributed by atoms with van der Waals surface area (Å²) >= 11 is 0. The van der Waals surface area contributed by atoms with Gasteiger partial charge in [0.1, 0.15) is 36.3 Å². The molecule has 8 atom stereocenters. The Bertz CT molecular complexity index is 1500. The molecule has 0 aromatic rings.